The van der Waals surface area contributed by atoms with Crippen molar-refractivity contribution in [2.45, 2.75) is 23.4 Å². The summed E-state index contributed by atoms with van der Waals surface area (Å²) in [5, 5.41) is 4.70. The third-order valence-corrected chi connectivity index (χ3v) is 6.53. The number of nitrogen functional groups attached to an aromatic ring is 1. The Morgan fingerprint density at radius 2 is 1.86 bits per heavy atom. The Morgan fingerprint density at radius 1 is 1.10 bits per heavy atom. The van der Waals surface area contributed by atoms with Crippen LogP contribution in [0.5, 0.6) is 0 Å². The first-order valence-electron chi connectivity index (χ1n) is 9.54. The molecule has 0 bridgehead atoms. The molecule has 152 valence electrons. The zero-order valence-corrected chi connectivity index (χ0v) is 18.1. The first kappa shape index (κ1) is 19.9. The molecule has 1 aromatic carbocycles. The van der Waals surface area contributed by atoms with Crippen LogP contribution in [0.1, 0.15) is 11.8 Å². The summed E-state index contributed by atoms with van der Waals surface area (Å²) in [4.78, 5) is 25.2. The van der Waals surface area contributed by atoms with E-state index in [4.69, 9.17) is 10.7 Å². The quantitative estimate of drug-likeness (QED) is 0.574. The van der Waals surface area contributed by atoms with E-state index < -0.39 is 0 Å². The van der Waals surface area contributed by atoms with Gasteiger partial charge in [0.05, 0.1) is 0 Å². The van der Waals surface area contributed by atoms with Crippen LogP contribution in [0.4, 0.5) is 22.7 Å². The topological polar surface area (TPSA) is 96.1 Å². The Balaban J connectivity index is 1.61. The molecule has 2 aromatic heterocycles. The van der Waals surface area contributed by atoms with Crippen molar-refractivity contribution in [1.29, 1.82) is 0 Å². The zero-order valence-electron chi connectivity index (χ0n) is 16.5. The van der Waals surface area contributed by atoms with Gasteiger partial charge in [-0.25, -0.2) is 4.98 Å². The second-order valence-electron chi connectivity index (χ2n) is 6.81. The first-order chi connectivity index (χ1) is 14.1. The molecule has 0 unspecified atom stereocenters. The lowest BCUT2D eigenvalue weighted by atomic mass is 10.3. The van der Waals surface area contributed by atoms with Crippen molar-refractivity contribution < 1.29 is 0 Å². The number of hydrogen-bond acceptors (Lipinski definition) is 10. The summed E-state index contributed by atoms with van der Waals surface area (Å²) in [6.07, 6.45) is 2.85. The van der Waals surface area contributed by atoms with E-state index >= 15 is 0 Å². The predicted molar refractivity (Wildman–Crippen MR) is 119 cm³/mol. The van der Waals surface area contributed by atoms with Gasteiger partial charge in [0.15, 0.2) is 10.3 Å². The molecule has 29 heavy (non-hydrogen) atoms. The number of aryl methyl sites for hydroxylation is 1. The van der Waals surface area contributed by atoms with Gasteiger partial charge in [-0.3, -0.25) is 5.32 Å². The van der Waals surface area contributed by atoms with Crippen LogP contribution in [0.25, 0.3) is 0 Å². The maximum Gasteiger partial charge on any atom is 0.234 e. The van der Waals surface area contributed by atoms with Gasteiger partial charge in [-0.2, -0.15) is 15.0 Å². The number of hydrogen-bond donors (Lipinski definition) is 2. The van der Waals surface area contributed by atoms with Gasteiger partial charge >= 0.3 is 0 Å². The molecule has 3 aromatic rings. The Labute approximate surface area is 178 Å². The van der Waals surface area contributed by atoms with Crippen LogP contribution in [0.3, 0.4) is 0 Å². The van der Waals surface area contributed by atoms with Gasteiger partial charge in [0, 0.05) is 47.8 Å². The van der Waals surface area contributed by atoms with Crippen LogP contribution in [0.15, 0.2) is 40.5 Å². The number of likely N-dealkylation sites (N-methyl/N-ethyl adjacent to an activating group) is 1. The molecule has 1 aliphatic rings. The Morgan fingerprint density at radius 3 is 2.55 bits per heavy atom. The van der Waals surface area contributed by atoms with Gasteiger partial charge < -0.3 is 15.5 Å². The molecule has 3 heterocycles. The van der Waals surface area contributed by atoms with Gasteiger partial charge in [-0.1, -0.05) is 6.92 Å². The van der Waals surface area contributed by atoms with E-state index in [-0.39, 0.29) is 0 Å². The highest BCUT2D eigenvalue weighted by molar-refractivity contribution is 7.99. The van der Waals surface area contributed by atoms with Gasteiger partial charge in [0.1, 0.15) is 0 Å². The van der Waals surface area contributed by atoms with Crippen molar-refractivity contribution in [3.8, 4) is 0 Å². The van der Waals surface area contributed by atoms with Crippen LogP contribution < -0.4 is 16.0 Å². The number of nitrogens with zero attached hydrogens (tertiary/aromatic N) is 6. The molecule has 0 aliphatic carbocycles. The van der Waals surface area contributed by atoms with Gasteiger partial charge in [0.2, 0.25) is 11.9 Å². The lowest BCUT2D eigenvalue weighted by Crippen LogP contribution is -2.45. The molecule has 1 saturated heterocycles. The Kier molecular flexibility index (Phi) is 6.12. The van der Waals surface area contributed by atoms with Gasteiger partial charge in [0.25, 0.3) is 0 Å². The molecule has 0 amide bonds. The van der Waals surface area contributed by atoms with Crippen LogP contribution in [-0.4, -0.2) is 58.1 Å². The van der Waals surface area contributed by atoms with Crippen LogP contribution in [-0.2, 0) is 6.42 Å². The maximum absolute atomic E-state index is 5.80. The van der Waals surface area contributed by atoms with Crippen molar-refractivity contribution in [3.05, 3.63) is 35.3 Å². The predicted octanol–water partition coefficient (Wildman–Crippen LogP) is 3.12. The summed E-state index contributed by atoms with van der Waals surface area (Å²) in [7, 11) is 2.13. The second-order valence-corrected chi connectivity index (χ2v) is 8.97. The Hall–Kier alpha value is -2.43. The minimum atomic E-state index is 0.517. The van der Waals surface area contributed by atoms with E-state index in [1.807, 2.05) is 30.5 Å². The number of nitrogens with two attached hydrogens (primary N) is 1. The third-order valence-electron chi connectivity index (χ3n) is 4.60. The van der Waals surface area contributed by atoms with Crippen molar-refractivity contribution >= 4 is 45.8 Å². The molecule has 1 fully saturated rings. The van der Waals surface area contributed by atoms with Crippen LogP contribution in [0.2, 0.25) is 0 Å². The molecular weight excluding hydrogens is 404 g/mol. The molecule has 10 heteroatoms. The maximum atomic E-state index is 5.80. The number of aromatic nitrogens is 4. The van der Waals surface area contributed by atoms with E-state index in [2.05, 4.69) is 44.0 Å². The third kappa shape index (κ3) is 5.14. The molecule has 4 rings (SSSR count). The van der Waals surface area contributed by atoms with Gasteiger partial charge in [-0.15, -0.1) is 11.3 Å². The molecule has 3 N–H and O–H groups in total. The fraction of sp³-hybridized carbons (Fsp3) is 0.368. The lowest BCUT2D eigenvalue weighted by molar-refractivity contribution is 0.311. The monoisotopic (exact) mass is 428 g/mol. The number of rotatable bonds is 6. The fourth-order valence-electron chi connectivity index (χ4n) is 2.86. The molecule has 0 atom stereocenters. The van der Waals surface area contributed by atoms with E-state index in [1.165, 1.54) is 16.6 Å². The smallest absolute Gasteiger partial charge is 0.234 e. The first-order valence-corrected chi connectivity index (χ1v) is 11.2. The summed E-state index contributed by atoms with van der Waals surface area (Å²) >= 11 is 3.11. The van der Waals surface area contributed by atoms with Crippen molar-refractivity contribution in [2.75, 3.05) is 49.2 Å². The summed E-state index contributed by atoms with van der Waals surface area (Å²) in [5.74, 6) is 1.21. The average molecular weight is 429 g/mol. The standard InChI is InChI=1S/C19H24N8S2/c1-3-14-12-21-18(28-14)23-16-22-17(27-10-8-26(2)9-11-27)25-19(24-16)29-15-6-4-13(20)5-7-15/h4-7,12H,3,8-11,20H2,1-2H3,(H,21,22,23,24,25). The van der Waals surface area contributed by atoms with Crippen molar-refractivity contribution in [2.24, 2.45) is 0 Å². The Bertz CT molecular complexity index is 951. The highest BCUT2D eigenvalue weighted by atomic mass is 32.2. The number of piperazine rings is 1. The second kappa shape index (κ2) is 8.93. The summed E-state index contributed by atoms with van der Waals surface area (Å²) < 4.78 is 0. The van der Waals surface area contributed by atoms with Crippen LogP contribution >= 0.6 is 23.1 Å². The van der Waals surface area contributed by atoms with E-state index in [1.54, 1.807) is 11.3 Å². The van der Waals surface area contributed by atoms with E-state index in [0.29, 0.717) is 17.1 Å². The SMILES string of the molecule is CCc1cnc(Nc2nc(Sc3ccc(N)cc3)nc(N3CCN(C)CC3)n2)s1. The average Bonchev–Trinajstić information content (AvgIpc) is 3.18. The number of thiazole rings is 1. The molecule has 8 nitrogen and oxygen atoms in total. The normalized spacial score (nSPS) is 14.9. The minimum absolute atomic E-state index is 0.517. The number of benzene rings is 1. The molecule has 0 saturated carbocycles. The molecular formula is C19H24N8S2. The summed E-state index contributed by atoms with van der Waals surface area (Å²) in [6.45, 7) is 5.88. The number of anilines is 4. The summed E-state index contributed by atoms with van der Waals surface area (Å²) in [6, 6.07) is 7.71. The molecule has 0 radical (unpaired) electrons. The highest BCUT2D eigenvalue weighted by Crippen LogP contribution is 2.29. The van der Waals surface area contributed by atoms with E-state index in [9.17, 15) is 0 Å². The van der Waals surface area contributed by atoms with Crippen molar-refractivity contribution in [3.63, 3.8) is 0 Å². The number of nitrogens with one attached hydrogen (secondary N) is 1. The summed E-state index contributed by atoms with van der Waals surface area (Å²) in [5.41, 5.74) is 6.54. The molecule has 0 spiro atoms. The molecule has 1 aliphatic heterocycles. The largest absolute Gasteiger partial charge is 0.399 e. The highest BCUT2D eigenvalue weighted by Gasteiger charge is 2.19. The fourth-order valence-corrected chi connectivity index (χ4v) is 4.35. The van der Waals surface area contributed by atoms with Gasteiger partial charge in [-0.05, 0) is 49.5 Å². The van der Waals surface area contributed by atoms with Crippen LogP contribution in [0, 0.1) is 0 Å². The van der Waals surface area contributed by atoms with E-state index in [0.717, 1.165) is 48.3 Å². The zero-order chi connectivity index (χ0) is 20.2. The lowest BCUT2D eigenvalue weighted by Gasteiger charge is -2.32. The van der Waals surface area contributed by atoms with Crippen molar-refractivity contribution in [1.82, 2.24) is 24.8 Å². The minimum Gasteiger partial charge on any atom is -0.399 e.